The molecule has 0 bridgehead atoms. The van der Waals surface area contributed by atoms with Gasteiger partial charge >= 0.3 is 6.03 Å². The molecule has 1 saturated heterocycles. The van der Waals surface area contributed by atoms with Crippen molar-refractivity contribution in [1.82, 2.24) is 10.2 Å². The van der Waals surface area contributed by atoms with E-state index in [0.29, 0.717) is 19.5 Å². The lowest BCUT2D eigenvalue weighted by Gasteiger charge is -2.26. The molecule has 0 aromatic heterocycles. The zero-order valence-corrected chi connectivity index (χ0v) is 15.4. The summed E-state index contributed by atoms with van der Waals surface area (Å²) in [4.78, 5) is 14.7. The zero-order valence-electron chi connectivity index (χ0n) is 15.4. The van der Waals surface area contributed by atoms with Crippen molar-refractivity contribution < 1.29 is 9.90 Å². The molecule has 2 amide bonds. The lowest BCUT2D eigenvalue weighted by molar-refractivity contribution is 0.0456. The fourth-order valence-corrected chi connectivity index (χ4v) is 3.49. The van der Waals surface area contributed by atoms with Gasteiger partial charge in [0.05, 0.1) is 11.6 Å². The van der Waals surface area contributed by atoms with Gasteiger partial charge in [-0.3, -0.25) is 0 Å². The number of aliphatic hydroxyl groups is 1. The van der Waals surface area contributed by atoms with Crippen LogP contribution < -0.4 is 5.32 Å². The highest BCUT2D eigenvalue weighted by atomic mass is 16.3. The number of carbonyl (C=O) groups is 1. The van der Waals surface area contributed by atoms with Crippen molar-refractivity contribution in [3.63, 3.8) is 0 Å². The van der Waals surface area contributed by atoms with Gasteiger partial charge in [0.2, 0.25) is 0 Å². The summed E-state index contributed by atoms with van der Waals surface area (Å²) < 4.78 is 0. The zero-order chi connectivity index (χ0) is 18.4. The lowest BCUT2D eigenvalue weighted by Crippen LogP contribution is -2.43. The number of nitrogens with one attached hydrogen (secondary N) is 1. The quantitative estimate of drug-likeness (QED) is 0.876. The van der Waals surface area contributed by atoms with Crippen LogP contribution in [-0.2, 0) is 6.42 Å². The molecule has 2 N–H and O–H groups in total. The van der Waals surface area contributed by atoms with E-state index in [1.165, 1.54) is 5.56 Å². The maximum Gasteiger partial charge on any atom is 0.317 e. The molecule has 0 spiro atoms. The Hall–Kier alpha value is -2.33. The average Bonchev–Trinajstić information content (AvgIpc) is 2.83. The van der Waals surface area contributed by atoms with E-state index < -0.39 is 5.60 Å². The highest BCUT2D eigenvalue weighted by Crippen LogP contribution is 2.23. The fourth-order valence-electron chi connectivity index (χ4n) is 3.49. The van der Waals surface area contributed by atoms with E-state index in [1.54, 1.807) is 0 Å². The van der Waals surface area contributed by atoms with E-state index in [-0.39, 0.29) is 12.1 Å². The van der Waals surface area contributed by atoms with Gasteiger partial charge < -0.3 is 15.3 Å². The van der Waals surface area contributed by atoms with Gasteiger partial charge in [-0.1, -0.05) is 60.7 Å². The number of hydrogen-bond donors (Lipinski definition) is 2. The number of likely N-dealkylation sites (tertiary alicyclic amines) is 1. The van der Waals surface area contributed by atoms with Crippen molar-refractivity contribution >= 4 is 6.03 Å². The van der Waals surface area contributed by atoms with Crippen LogP contribution in [0.3, 0.4) is 0 Å². The molecular formula is C22H28N2O2. The second kappa shape index (κ2) is 8.37. The number of amides is 2. The third kappa shape index (κ3) is 5.09. The van der Waals surface area contributed by atoms with Crippen molar-refractivity contribution in [3.8, 4) is 0 Å². The monoisotopic (exact) mass is 352 g/mol. The van der Waals surface area contributed by atoms with E-state index in [2.05, 4.69) is 29.6 Å². The van der Waals surface area contributed by atoms with E-state index in [0.717, 1.165) is 24.8 Å². The molecule has 1 aliphatic rings. The second-order valence-corrected chi connectivity index (χ2v) is 7.44. The largest absolute Gasteiger partial charge is 0.390 e. The predicted molar refractivity (Wildman–Crippen MR) is 104 cm³/mol. The van der Waals surface area contributed by atoms with Crippen molar-refractivity contribution in [2.75, 3.05) is 13.1 Å². The van der Waals surface area contributed by atoms with Gasteiger partial charge in [0.1, 0.15) is 0 Å². The molecule has 1 heterocycles. The van der Waals surface area contributed by atoms with Crippen molar-refractivity contribution in [1.29, 1.82) is 0 Å². The van der Waals surface area contributed by atoms with Gasteiger partial charge in [-0.25, -0.2) is 4.79 Å². The number of hydrogen-bond acceptors (Lipinski definition) is 2. The SMILES string of the molecule is CC1(O)CCCN(C(=O)NC(Cc2ccccc2)c2ccccc2)CC1. The molecular weight excluding hydrogens is 324 g/mol. The van der Waals surface area contributed by atoms with Gasteiger partial charge in [0.25, 0.3) is 0 Å². The van der Waals surface area contributed by atoms with Crippen LogP contribution in [0.15, 0.2) is 60.7 Å². The number of urea groups is 1. The van der Waals surface area contributed by atoms with Crippen molar-refractivity contribution in [3.05, 3.63) is 71.8 Å². The van der Waals surface area contributed by atoms with Crippen LogP contribution in [0.2, 0.25) is 0 Å². The summed E-state index contributed by atoms with van der Waals surface area (Å²) in [5.74, 6) is 0. The van der Waals surface area contributed by atoms with E-state index >= 15 is 0 Å². The normalized spacial score (nSPS) is 21.7. The third-order valence-corrected chi connectivity index (χ3v) is 5.13. The summed E-state index contributed by atoms with van der Waals surface area (Å²) in [6.45, 7) is 3.14. The van der Waals surface area contributed by atoms with E-state index in [9.17, 15) is 9.90 Å². The molecule has 3 rings (SSSR count). The van der Waals surface area contributed by atoms with Gasteiger partial charge in [-0.2, -0.15) is 0 Å². The summed E-state index contributed by atoms with van der Waals surface area (Å²) in [6.07, 6.45) is 2.94. The fraction of sp³-hybridized carbons (Fsp3) is 0.409. The Labute approximate surface area is 155 Å². The Morgan fingerprint density at radius 2 is 1.73 bits per heavy atom. The average molecular weight is 352 g/mol. The maximum atomic E-state index is 12.9. The summed E-state index contributed by atoms with van der Waals surface area (Å²) >= 11 is 0. The molecule has 26 heavy (non-hydrogen) atoms. The maximum absolute atomic E-state index is 12.9. The van der Waals surface area contributed by atoms with E-state index in [1.807, 2.05) is 48.2 Å². The summed E-state index contributed by atoms with van der Waals surface area (Å²) in [7, 11) is 0. The van der Waals surface area contributed by atoms with Crippen molar-refractivity contribution in [2.24, 2.45) is 0 Å². The standard InChI is InChI=1S/C22H28N2O2/c1-22(26)13-8-15-24(16-14-22)21(25)23-20(19-11-6-3-7-12-19)17-18-9-4-2-5-10-18/h2-7,9-12,20,26H,8,13-17H2,1H3,(H,23,25). The number of benzene rings is 2. The lowest BCUT2D eigenvalue weighted by atomic mass is 9.98. The molecule has 2 aromatic carbocycles. The van der Waals surface area contributed by atoms with Crippen LogP contribution in [0.5, 0.6) is 0 Å². The van der Waals surface area contributed by atoms with Gasteiger partial charge in [-0.15, -0.1) is 0 Å². The summed E-state index contributed by atoms with van der Waals surface area (Å²) in [6, 6.07) is 20.2. The molecule has 0 aliphatic carbocycles. The van der Waals surface area contributed by atoms with Crippen LogP contribution in [-0.4, -0.2) is 34.7 Å². The topological polar surface area (TPSA) is 52.6 Å². The molecule has 138 valence electrons. The predicted octanol–water partition coefficient (Wildman–Crippen LogP) is 3.92. The highest BCUT2D eigenvalue weighted by Gasteiger charge is 2.28. The first-order valence-electron chi connectivity index (χ1n) is 9.40. The van der Waals surface area contributed by atoms with Crippen LogP contribution >= 0.6 is 0 Å². The van der Waals surface area contributed by atoms with E-state index in [4.69, 9.17) is 0 Å². The molecule has 1 aliphatic heterocycles. The third-order valence-electron chi connectivity index (χ3n) is 5.13. The number of nitrogens with zero attached hydrogens (tertiary/aromatic N) is 1. The van der Waals surface area contributed by atoms with Crippen LogP contribution in [0.4, 0.5) is 4.79 Å². The van der Waals surface area contributed by atoms with Crippen LogP contribution in [0.25, 0.3) is 0 Å². The minimum atomic E-state index is -0.669. The molecule has 0 saturated carbocycles. The van der Waals surface area contributed by atoms with Crippen LogP contribution in [0.1, 0.15) is 43.4 Å². The Kier molecular flexibility index (Phi) is 5.94. The first-order chi connectivity index (χ1) is 12.5. The molecule has 1 fully saturated rings. The first-order valence-corrected chi connectivity index (χ1v) is 9.40. The number of rotatable bonds is 4. The van der Waals surface area contributed by atoms with Crippen molar-refractivity contribution in [2.45, 2.75) is 44.2 Å². The Balaban J connectivity index is 1.72. The molecule has 0 radical (unpaired) electrons. The molecule has 4 nitrogen and oxygen atoms in total. The molecule has 4 heteroatoms. The molecule has 2 unspecified atom stereocenters. The minimum Gasteiger partial charge on any atom is -0.390 e. The Morgan fingerprint density at radius 1 is 1.08 bits per heavy atom. The summed E-state index contributed by atoms with van der Waals surface area (Å²) in [5.41, 5.74) is 1.63. The molecule has 2 aromatic rings. The smallest absolute Gasteiger partial charge is 0.317 e. The van der Waals surface area contributed by atoms with Gasteiger partial charge in [0.15, 0.2) is 0 Å². The Bertz CT molecular complexity index is 701. The van der Waals surface area contributed by atoms with Gasteiger partial charge in [-0.05, 0) is 43.7 Å². The minimum absolute atomic E-state index is 0.0486. The summed E-state index contributed by atoms with van der Waals surface area (Å²) in [5, 5.41) is 13.5. The highest BCUT2D eigenvalue weighted by molar-refractivity contribution is 5.74. The Morgan fingerprint density at radius 3 is 2.42 bits per heavy atom. The second-order valence-electron chi connectivity index (χ2n) is 7.44. The van der Waals surface area contributed by atoms with Gasteiger partial charge in [0, 0.05) is 13.1 Å². The van der Waals surface area contributed by atoms with Crippen LogP contribution in [0, 0.1) is 0 Å². The number of carbonyl (C=O) groups excluding carboxylic acids is 1. The first kappa shape index (κ1) is 18.5. The molecule has 2 atom stereocenters.